The molecule has 4 aliphatic carbocycles. The van der Waals surface area contributed by atoms with Crippen LogP contribution in [-0.2, 0) is 22.0 Å². The molecule has 0 bridgehead atoms. The fourth-order valence-corrected chi connectivity index (χ4v) is 12.0. The van der Waals surface area contributed by atoms with Crippen LogP contribution in [0.4, 0.5) is 0 Å². The summed E-state index contributed by atoms with van der Waals surface area (Å²) in [7, 11) is 3.84. The van der Waals surface area contributed by atoms with E-state index in [0.29, 0.717) is 17.9 Å². The quantitative estimate of drug-likeness (QED) is 0.297. The van der Waals surface area contributed by atoms with Crippen LogP contribution < -0.4 is 4.74 Å². The minimum atomic E-state index is -0.0178. The summed E-state index contributed by atoms with van der Waals surface area (Å²) in [4.78, 5) is 0. The summed E-state index contributed by atoms with van der Waals surface area (Å²) in [6, 6.07) is 11.9. The van der Waals surface area contributed by atoms with E-state index in [1.165, 1.54) is 78.3 Å². The fourth-order valence-electron chi connectivity index (χ4n) is 12.0. The van der Waals surface area contributed by atoms with Crippen molar-refractivity contribution in [2.75, 3.05) is 14.2 Å². The Kier molecular flexibility index (Phi) is 10.8. The first-order valence-electron chi connectivity index (χ1n) is 21.2. The lowest BCUT2D eigenvalue weighted by molar-refractivity contribution is -0.119. The summed E-state index contributed by atoms with van der Waals surface area (Å²) in [6.07, 6.45) is 13.8. The first-order valence-corrected chi connectivity index (χ1v) is 21.2. The molecule has 0 spiro atoms. The third-order valence-corrected chi connectivity index (χ3v) is 14.5. The van der Waals surface area contributed by atoms with Gasteiger partial charge in [0.25, 0.3) is 0 Å². The van der Waals surface area contributed by atoms with Gasteiger partial charge in [-0.05, 0) is 155 Å². The van der Waals surface area contributed by atoms with E-state index < -0.39 is 0 Å². The van der Waals surface area contributed by atoms with E-state index in [9.17, 15) is 0 Å². The molecule has 7 unspecified atom stereocenters. The van der Waals surface area contributed by atoms with E-state index in [-0.39, 0.29) is 21.7 Å². The molecule has 0 radical (unpaired) electrons. The smallest absolute Gasteiger partial charge is 0.126 e. The molecule has 52 heavy (non-hydrogen) atoms. The predicted molar refractivity (Wildman–Crippen MR) is 223 cm³/mol. The zero-order valence-electron chi connectivity index (χ0n) is 36.1. The highest BCUT2D eigenvalue weighted by Crippen LogP contribution is 2.59. The normalized spacial score (nSPS) is 31.3. The number of ether oxygens (including phenoxy) is 2. The Balaban J connectivity index is 1.31. The van der Waals surface area contributed by atoms with Gasteiger partial charge in [0.1, 0.15) is 5.75 Å². The fraction of sp³-hybridized carbons (Fsp3) is 0.720. The monoisotopic (exact) mass is 709 g/mol. The highest BCUT2D eigenvalue weighted by Gasteiger charge is 2.52. The van der Waals surface area contributed by atoms with Crippen LogP contribution in [0.3, 0.4) is 0 Å². The molecule has 3 saturated carbocycles. The number of hydrogen-bond donors (Lipinski definition) is 0. The first kappa shape index (κ1) is 39.6. The van der Waals surface area contributed by atoms with Gasteiger partial charge in [0.15, 0.2) is 0 Å². The van der Waals surface area contributed by atoms with Crippen LogP contribution in [0.1, 0.15) is 157 Å². The number of allylic oxidation sites excluding steroid dienone is 1. The van der Waals surface area contributed by atoms with Crippen molar-refractivity contribution < 1.29 is 9.47 Å². The maximum Gasteiger partial charge on any atom is 0.126 e. The Morgan fingerprint density at radius 2 is 1.23 bits per heavy atom. The number of hydrogen-bond acceptors (Lipinski definition) is 2. The van der Waals surface area contributed by atoms with Gasteiger partial charge in [0.05, 0.1) is 13.2 Å². The molecule has 2 nitrogen and oxygen atoms in total. The number of methoxy groups -OCH3 is 2. The van der Waals surface area contributed by atoms with Gasteiger partial charge in [-0.3, -0.25) is 0 Å². The minimum Gasteiger partial charge on any atom is -0.496 e. The average molecular weight is 709 g/mol. The molecule has 7 atom stereocenters. The summed E-state index contributed by atoms with van der Waals surface area (Å²) in [5, 5.41) is 0. The topological polar surface area (TPSA) is 18.5 Å². The van der Waals surface area contributed by atoms with Crippen molar-refractivity contribution in [3.63, 3.8) is 0 Å². The summed E-state index contributed by atoms with van der Waals surface area (Å²) in [5.74, 6) is 7.44. The van der Waals surface area contributed by atoms with Gasteiger partial charge in [0, 0.05) is 18.2 Å². The SMILES string of the molecule is COc1c(C(C)(C)C)cc(-c2cccc3c2C=C(CC2CC4CC(C)CC4C(C4CC(C(C)(C)C)C(OC)C(C(C)(C)C)C4)C2)C3)cc1C(C)(C)C. The molecular formula is C50H76O2. The summed E-state index contributed by atoms with van der Waals surface area (Å²) >= 11 is 0. The average Bonchev–Trinajstić information content (AvgIpc) is 3.63. The molecule has 0 aromatic heterocycles. The van der Waals surface area contributed by atoms with Gasteiger partial charge in [-0.15, -0.1) is 0 Å². The molecule has 288 valence electrons. The van der Waals surface area contributed by atoms with Gasteiger partial charge < -0.3 is 9.47 Å². The number of fused-ring (bicyclic) bond motifs is 2. The molecule has 2 aromatic carbocycles. The molecular weight excluding hydrogens is 633 g/mol. The van der Waals surface area contributed by atoms with E-state index in [2.05, 4.69) is 126 Å². The molecule has 0 N–H and O–H groups in total. The van der Waals surface area contributed by atoms with Crippen molar-refractivity contribution in [2.24, 2.45) is 58.2 Å². The lowest BCUT2D eigenvalue weighted by Gasteiger charge is -2.54. The molecule has 0 amide bonds. The van der Waals surface area contributed by atoms with Gasteiger partial charge >= 0.3 is 0 Å². The first-order chi connectivity index (χ1) is 24.1. The number of benzene rings is 2. The Morgan fingerprint density at radius 3 is 1.75 bits per heavy atom. The lowest BCUT2D eigenvalue weighted by atomic mass is 9.53. The number of rotatable bonds is 6. The van der Waals surface area contributed by atoms with E-state index in [4.69, 9.17) is 9.47 Å². The Labute approximate surface area is 320 Å². The van der Waals surface area contributed by atoms with Crippen molar-refractivity contribution in [1.29, 1.82) is 0 Å². The standard InChI is InChI=1S/C50H76O2/c1-30-19-34-23-32(25-40(38(34)20-30)36-28-43(49(8,9)10)46(52-15)44(29-36)50(11,12)13)21-31-22-33-17-16-18-37(39(33)24-31)35-26-41(47(2,3)4)45(51-14)42(27-35)48(5,6)7/h16-18,24,26-27,30,32,34,36,38,40,43-44,46H,19-23,25,28-29H2,1-15H3. The van der Waals surface area contributed by atoms with Gasteiger partial charge in [0.2, 0.25) is 0 Å². The molecule has 2 aromatic rings. The second-order valence-corrected chi connectivity index (χ2v) is 22.5. The van der Waals surface area contributed by atoms with Crippen LogP contribution in [0.25, 0.3) is 17.2 Å². The second kappa shape index (κ2) is 14.2. The maximum atomic E-state index is 6.43. The van der Waals surface area contributed by atoms with Crippen LogP contribution >= 0.6 is 0 Å². The minimum absolute atomic E-state index is 0.0178. The molecule has 0 aliphatic heterocycles. The van der Waals surface area contributed by atoms with Crippen LogP contribution in [0, 0.1) is 58.2 Å². The lowest BCUT2D eigenvalue weighted by Crippen LogP contribution is -2.51. The summed E-state index contributed by atoms with van der Waals surface area (Å²) in [5.41, 5.74) is 10.4. The zero-order valence-corrected chi connectivity index (χ0v) is 36.1. The van der Waals surface area contributed by atoms with E-state index >= 15 is 0 Å². The maximum absolute atomic E-state index is 6.43. The zero-order chi connectivity index (χ0) is 38.1. The molecule has 0 heterocycles. The molecule has 0 saturated heterocycles. The second-order valence-electron chi connectivity index (χ2n) is 22.5. The Bertz CT molecular complexity index is 1550. The molecule has 6 rings (SSSR count). The Morgan fingerprint density at radius 1 is 0.673 bits per heavy atom. The van der Waals surface area contributed by atoms with E-state index in [1.54, 1.807) is 5.57 Å². The van der Waals surface area contributed by atoms with E-state index in [1.807, 2.05) is 14.2 Å². The Hall–Kier alpha value is -2.06. The largest absolute Gasteiger partial charge is 0.496 e. The molecule has 2 heteroatoms. The van der Waals surface area contributed by atoms with Gasteiger partial charge in [-0.2, -0.15) is 0 Å². The highest BCUT2D eigenvalue weighted by molar-refractivity contribution is 5.82. The van der Waals surface area contributed by atoms with Crippen molar-refractivity contribution >= 4 is 6.08 Å². The predicted octanol–water partition coefficient (Wildman–Crippen LogP) is 13.7. The van der Waals surface area contributed by atoms with Crippen molar-refractivity contribution in [3.05, 3.63) is 58.2 Å². The van der Waals surface area contributed by atoms with Crippen LogP contribution in [-0.4, -0.2) is 20.3 Å². The van der Waals surface area contributed by atoms with Crippen molar-refractivity contribution in [2.45, 2.75) is 158 Å². The third-order valence-electron chi connectivity index (χ3n) is 14.5. The summed E-state index contributed by atoms with van der Waals surface area (Å²) < 4.78 is 12.6. The van der Waals surface area contributed by atoms with Crippen molar-refractivity contribution in [1.82, 2.24) is 0 Å². The van der Waals surface area contributed by atoms with E-state index in [0.717, 1.165) is 47.7 Å². The highest BCUT2D eigenvalue weighted by atomic mass is 16.5. The van der Waals surface area contributed by atoms with Crippen LogP contribution in [0.15, 0.2) is 35.9 Å². The van der Waals surface area contributed by atoms with Gasteiger partial charge in [-0.1, -0.05) is 120 Å². The molecule has 4 aliphatic rings. The summed E-state index contributed by atoms with van der Waals surface area (Å²) in [6.45, 7) is 31.3. The van der Waals surface area contributed by atoms with Crippen LogP contribution in [0.5, 0.6) is 5.75 Å². The molecule has 3 fully saturated rings. The van der Waals surface area contributed by atoms with Crippen LogP contribution in [0.2, 0.25) is 0 Å². The third kappa shape index (κ3) is 7.86. The van der Waals surface area contributed by atoms with Crippen molar-refractivity contribution in [3.8, 4) is 16.9 Å². The van der Waals surface area contributed by atoms with Gasteiger partial charge in [-0.25, -0.2) is 0 Å².